The number of phenols is 1. The van der Waals surface area contributed by atoms with Gasteiger partial charge in [-0.1, -0.05) is 12.1 Å². The van der Waals surface area contributed by atoms with Crippen molar-refractivity contribution in [3.63, 3.8) is 0 Å². The Morgan fingerprint density at radius 1 is 1.25 bits per heavy atom. The Morgan fingerprint density at radius 2 is 1.96 bits per heavy atom. The number of rotatable bonds is 4. The predicted molar refractivity (Wildman–Crippen MR) is 82.2 cm³/mol. The summed E-state index contributed by atoms with van der Waals surface area (Å²) in [5.41, 5.74) is -0.546. The molecule has 0 saturated carbocycles. The highest BCUT2D eigenvalue weighted by molar-refractivity contribution is 5.84. The molecule has 0 radical (unpaired) electrons. The predicted octanol–water partition coefficient (Wildman–Crippen LogP) is 4.50. The van der Waals surface area contributed by atoms with Gasteiger partial charge in [0.1, 0.15) is 5.75 Å². The fraction of sp³-hybridized carbons (Fsp3) is 0.188. The van der Waals surface area contributed by atoms with E-state index in [0.29, 0.717) is 5.56 Å². The molecular formula is C16H13F3N2O3. The van der Waals surface area contributed by atoms with Gasteiger partial charge in [-0.15, -0.1) is 0 Å². The molecule has 126 valence electrons. The lowest BCUT2D eigenvalue weighted by molar-refractivity contribution is -0.384. The van der Waals surface area contributed by atoms with Crippen LogP contribution in [0.1, 0.15) is 29.7 Å². The number of phenolic OH excluding ortho intramolecular Hbond substituents is 1. The molecule has 0 heterocycles. The molecule has 0 amide bonds. The van der Waals surface area contributed by atoms with Gasteiger partial charge < -0.3 is 5.11 Å². The Labute approximate surface area is 135 Å². The summed E-state index contributed by atoms with van der Waals surface area (Å²) in [6.07, 6.45) is -3.25. The van der Waals surface area contributed by atoms with Crippen molar-refractivity contribution >= 4 is 11.9 Å². The summed E-state index contributed by atoms with van der Waals surface area (Å²) in [7, 11) is 0. The first-order valence-electron chi connectivity index (χ1n) is 6.86. The van der Waals surface area contributed by atoms with Gasteiger partial charge in [-0.25, -0.2) is 0 Å². The van der Waals surface area contributed by atoms with Crippen molar-refractivity contribution in [1.82, 2.24) is 0 Å². The van der Waals surface area contributed by atoms with Crippen LogP contribution >= 0.6 is 0 Å². The van der Waals surface area contributed by atoms with Crippen molar-refractivity contribution in [2.24, 2.45) is 4.99 Å². The Morgan fingerprint density at radius 3 is 2.58 bits per heavy atom. The lowest BCUT2D eigenvalue weighted by atomic mass is 10.1. The van der Waals surface area contributed by atoms with Crippen LogP contribution in [-0.2, 0) is 6.18 Å². The zero-order valence-corrected chi connectivity index (χ0v) is 12.5. The fourth-order valence-corrected chi connectivity index (χ4v) is 2.01. The highest BCUT2D eigenvalue weighted by Crippen LogP contribution is 2.31. The third kappa shape index (κ3) is 4.09. The number of nitro benzene ring substituents is 1. The van der Waals surface area contributed by atoms with Gasteiger partial charge in [0.15, 0.2) is 0 Å². The van der Waals surface area contributed by atoms with Gasteiger partial charge in [0.25, 0.3) is 5.69 Å². The average molecular weight is 338 g/mol. The summed E-state index contributed by atoms with van der Waals surface area (Å²) in [5.74, 6) is -0.208. The maximum atomic E-state index is 12.7. The molecule has 0 spiro atoms. The smallest absolute Gasteiger partial charge is 0.416 e. The summed E-state index contributed by atoms with van der Waals surface area (Å²) in [6, 6.07) is 7.57. The van der Waals surface area contributed by atoms with E-state index in [1.54, 1.807) is 6.92 Å². The normalized spacial score (nSPS) is 13.2. The number of aromatic hydroxyl groups is 1. The number of alkyl halides is 3. The number of non-ortho nitro benzene ring substituents is 1. The van der Waals surface area contributed by atoms with Crippen molar-refractivity contribution < 1.29 is 23.2 Å². The average Bonchev–Trinajstić information content (AvgIpc) is 2.53. The molecule has 0 aromatic heterocycles. The minimum Gasteiger partial charge on any atom is -0.507 e. The molecule has 8 heteroatoms. The maximum Gasteiger partial charge on any atom is 0.416 e. The van der Waals surface area contributed by atoms with Gasteiger partial charge in [-0.2, -0.15) is 13.2 Å². The van der Waals surface area contributed by atoms with E-state index in [9.17, 15) is 28.4 Å². The molecule has 0 aliphatic heterocycles. The number of hydrogen-bond donors (Lipinski definition) is 1. The molecule has 1 atom stereocenters. The summed E-state index contributed by atoms with van der Waals surface area (Å²) in [6.45, 7) is 1.58. The van der Waals surface area contributed by atoms with Crippen LogP contribution in [-0.4, -0.2) is 16.2 Å². The molecule has 1 N–H and O–H groups in total. The molecular weight excluding hydrogens is 325 g/mol. The van der Waals surface area contributed by atoms with Gasteiger partial charge in [0, 0.05) is 23.9 Å². The van der Waals surface area contributed by atoms with Crippen LogP contribution in [0.4, 0.5) is 18.9 Å². The molecule has 0 saturated heterocycles. The SMILES string of the molecule is C[C@@H](N=Cc1cc([N+](=O)[O-])ccc1O)c1cccc(C(F)(F)F)c1. The minimum atomic E-state index is -4.45. The Kier molecular flexibility index (Phi) is 4.87. The van der Waals surface area contributed by atoms with Gasteiger partial charge >= 0.3 is 6.18 Å². The van der Waals surface area contributed by atoms with E-state index in [4.69, 9.17) is 0 Å². The van der Waals surface area contributed by atoms with Crippen molar-refractivity contribution in [1.29, 1.82) is 0 Å². The molecule has 2 rings (SSSR count). The topological polar surface area (TPSA) is 75.7 Å². The van der Waals surface area contributed by atoms with Crippen LogP contribution in [0.25, 0.3) is 0 Å². The first kappa shape index (κ1) is 17.5. The van der Waals surface area contributed by atoms with Gasteiger partial charge in [-0.05, 0) is 30.7 Å². The Bertz CT molecular complexity index is 788. The molecule has 0 fully saturated rings. The van der Waals surface area contributed by atoms with Crippen LogP contribution < -0.4 is 0 Å². The van der Waals surface area contributed by atoms with Crippen LogP contribution in [0.3, 0.4) is 0 Å². The number of hydrogen-bond acceptors (Lipinski definition) is 4. The summed E-state index contributed by atoms with van der Waals surface area (Å²) < 4.78 is 38.2. The molecule has 0 aliphatic carbocycles. The van der Waals surface area contributed by atoms with Gasteiger partial charge in [0.2, 0.25) is 0 Å². The Balaban J connectivity index is 2.26. The first-order chi connectivity index (χ1) is 11.2. The lowest BCUT2D eigenvalue weighted by Crippen LogP contribution is -2.05. The zero-order chi connectivity index (χ0) is 17.9. The maximum absolute atomic E-state index is 12.7. The molecule has 2 aromatic rings. The van der Waals surface area contributed by atoms with E-state index >= 15 is 0 Å². The van der Waals surface area contributed by atoms with Gasteiger partial charge in [0.05, 0.1) is 16.5 Å². The minimum absolute atomic E-state index is 0.114. The second-order valence-corrected chi connectivity index (χ2v) is 5.08. The van der Waals surface area contributed by atoms with Crippen LogP contribution in [0, 0.1) is 10.1 Å². The molecule has 5 nitrogen and oxygen atoms in total. The number of aliphatic imine (C=N–C) groups is 1. The van der Waals surface area contributed by atoms with E-state index in [-0.39, 0.29) is 17.0 Å². The van der Waals surface area contributed by atoms with Crippen LogP contribution in [0.2, 0.25) is 0 Å². The number of benzene rings is 2. The fourth-order valence-electron chi connectivity index (χ4n) is 2.01. The quantitative estimate of drug-likeness (QED) is 0.507. The second-order valence-electron chi connectivity index (χ2n) is 5.08. The highest BCUT2D eigenvalue weighted by Gasteiger charge is 2.30. The zero-order valence-electron chi connectivity index (χ0n) is 12.5. The molecule has 0 unspecified atom stereocenters. The molecule has 0 aliphatic rings. The third-order valence-electron chi connectivity index (χ3n) is 3.36. The van der Waals surface area contributed by atoms with E-state index in [1.807, 2.05) is 0 Å². The standard InChI is InChI=1S/C16H13F3N2O3/c1-10(11-3-2-4-13(7-11)16(17,18)19)20-9-12-8-14(21(23)24)5-6-15(12)22/h2-10,22H,1H3/t10-/m1/s1. The van der Waals surface area contributed by atoms with Crippen molar-refractivity contribution in [3.05, 3.63) is 69.3 Å². The molecule has 0 bridgehead atoms. The lowest BCUT2D eigenvalue weighted by Gasteiger charge is -2.11. The van der Waals surface area contributed by atoms with E-state index in [1.165, 1.54) is 18.3 Å². The van der Waals surface area contributed by atoms with Crippen molar-refractivity contribution in [2.75, 3.05) is 0 Å². The van der Waals surface area contributed by atoms with Crippen LogP contribution in [0.15, 0.2) is 47.5 Å². The highest BCUT2D eigenvalue weighted by atomic mass is 19.4. The first-order valence-corrected chi connectivity index (χ1v) is 6.86. The summed E-state index contributed by atoms with van der Waals surface area (Å²) in [5, 5.41) is 20.4. The van der Waals surface area contributed by atoms with E-state index in [0.717, 1.165) is 30.3 Å². The van der Waals surface area contributed by atoms with E-state index in [2.05, 4.69) is 4.99 Å². The number of nitrogens with zero attached hydrogens (tertiary/aromatic N) is 2. The van der Waals surface area contributed by atoms with Crippen molar-refractivity contribution in [2.45, 2.75) is 19.1 Å². The Hall–Kier alpha value is -2.90. The molecule has 2 aromatic carbocycles. The van der Waals surface area contributed by atoms with Gasteiger partial charge in [-0.3, -0.25) is 15.1 Å². The number of halogens is 3. The van der Waals surface area contributed by atoms with E-state index < -0.39 is 22.7 Å². The monoisotopic (exact) mass is 338 g/mol. The summed E-state index contributed by atoms with van der Waals surface area (Å²) in [4.78, 5) is 14.2. The summed E-state index contributed by atoms with van der Waals surface area (Å²) >= 11 is 0. The van der Waals surface area contributed by atoms with Crippen LogP contribution in [0.5, 0.6) is 5.75 Å². The van der Waals surface area contributed by atoms with Crippen molar-refractivity contribution in [3.8, 4) is 5.75 Å². The molecule has 24 heavy (non-hydrogen) atoms. The third-order valence-corrected chi connectivity index (χ3v) is 3.36. The number of nitro groups is 1. The second kappa shape index (κ2) is 6.69. The largest absolute Gasteiger partial charge is 0.507 e.